The zero-order valence-electron chi connectivity index (χ0n) is 14.4. The molecule has 2 rings (SSSR count). The molecule has 130 valence electrons. The smallest absolute Gasteiger partial charge is 0.240 e. The van der Waals surface area contributed by atoms with E-state index in [2.05, 4.69) is 18.4 Å². The summed E-state index contributed by atoms with van der Waals surface area (Å²) in [6.45, 7) is 7.08. The third kappa shape index (κ3) is 4.55. The van der Waals surface area contributed by atoms with Gasteiger partial charge in [-0.25, -0.2) is 0 Å². The van der Waals surface area contributed by atoms with Gasteiger partial charge in [-0.3, -0.25) is 4.79 Å². The molecule has 0 fully saturated rings. The Kier molecular flexibility index (Phi) is 6.76. The van der Waals surface area contributed by atoms with Gasteiger partial charge in [-0.2, -0.15) is 0 Å². The van der Waals surface area contributed by atoms with Gasteiger partial charge < -0.3 is 9.47 Å². The van der Waals surface area contributed by atoms with Gasteiger partial charge in [-0.15, -0.1) is 11.6 Å². The van der Waals surface area contributed by atoms with Crippen LogP contribution in [0, 0.1) is 0 Å². The second kappa shape index (κ2) is 8.59. The van der Waals surface area contributed by atoms with Crippen molar-refractivity contribution in [1.29, 1.82) is 0 Å². The predicted molar refractivity (Wildman–Crippen MR) is 101 cm³/mol. The van der Waals surface area contributed by atoms with Gasteiger partial charge in [0.05, 0.1) is 6.54 Å². The fraction of sp³-hybridized carbons (Fsp3) is 0.421. The van der Waals surface area contributed by atoms with Crippen molar-refractivity contribution in [3.63, 3.8) is 0 Å². The standard InChI is InChI=1S/C19H24Cl2N2O/c1-4-14(2)23(19(24)15(3)20)13-17-9-7-11-22(17)12-16-8-5-6-10-18(16)21/h5-11,14-15H,4,12-13H2,1-3H3/t14-,15-/m0/s1. The number of carbonyl (C=O) groups excluding carboxylic acids is 1. The van der Waals surface area contributed by atoms with Crippen LogP contribution in [0.5, 0.6) is 0 Å². The number of rotatable bonds is 7. The van der Waals surface area contributed by atoms with Crippen molar-refractivity contribution in [1.82, 2.24) is 9.47 Å². The number of carbonyl (C=O) groups is 1. The summed E-state index contributed by atoms with van der Waals surface area (Å²) in [5.74, 6) is -0.0310. The summed E-state index contributed by atoms with van der Waals surface area (Å²) >= 11 is 12.3. The van der Waals surface area contributed by atoms with Crippen LogP contribution >= 0.6 is 23.2 Å². The molecular formula is C19H24Cl2N2O. The lowest BCUT2D eigenvalue weighted by Crippen LogP contribution is -2.41. The molecule has 0 spiro atoms. The first-order valence-electron chi connectivity index (χ1n) is 8.26. The van der Waals surface area contributed by atoms with E-state index in [1.165, 1.54) is 0 Å². The van der Waals surface area contributed by atoms with Crippen LogP contribution < -0.4 is 0 Å². The fourth-order valence-corrected chi connectivity index (χ4v) is 2.95. The van der Waals surface area contributed by atoms with Crippen LogP contribution in [-0.2, 0) is 17.9 Å². The first kappa shape index (κ1) is 18.9. The van der Waals surface area contributed by atoms with Gasteiger partial charge in [-0.1, -0.05) is 36.7 Å². The Bertz CT molecular complexity index is 682. The quantitative estimate of drug-likeness (QED) is 0.636. The van der Waals surface area contributed by atoms with Crippen molar-refractivity contribution in [3.8, 4) is 0 Å². The largest absolute Gasteiger partial charge is 0.345 e. The van der Waals surface area contributed by atoms with Gasteiger partial charge >= 0.3 is 0 Å². The Labute approximate surface area is 154 Å². The minimum atomic E-state index is -0.522. The highest BCUT2D eigenvalue weighted by Crippen LogP contribution is 2.19. The van der Waals surface area contributed by atoms with E-state index in [0.717, 1.165) is 22.7 Å². The van der Waals surface area contributed by atoms with Crippen LogP contribution in [0.1, 0.15) is 38.4 Å². The van der Waals surface area contributed by atoms with Crippen LogP contribution in [-0.4, -0.2) is 26.8 Å². The first-order valence-corrected chi connectivity index (χ1v) is 9.07. The van der Waals surface area contributed by atoms with Crippen LogP contribution in [0.3, 0.4) is 0 Å². The van der Waals surface area contributed by atoms with Crippen molar-refractivity contribution >= 4 is 29.1 Å². The third-order valence-corrected chi connectivity index (χ3v) is 4.86. The minimum absolute atomic E-state index is 0.0310. The maximum absolute atomic E-state index is 12.5. The average Bonchev–Trinajstić information content (AvgIpc) is 3.00. The van der Waals surface area contributed by atoms with Crippen LogP contribution in [0.15, 0.2) is 42.6 Å². The van der Waals surface area contributed by atoms with Crippen molar-refractivity contribution < 1.29 is 4.79 Å². The van der Waals surface area contributed by atoms with Gasteiger partial charge in [0.15, 0.2) is 0 Å². The normalized spacial score (nSPS) is 13.5. The molecule has 0 N–H and O–H groups in total. The average molecular weight is 367 g/mol. The molecule has 0 unspecified atom stereocenters. The Morgan fingerprint density at radius 1 is 1.21 bits per heavy atom. The molecule has 0 saturated carbocycles. The summed E-state index contributed by atoms with van der Waals surface area (Å²) in [7, 11) is 0. The molecule has 0 aliphatic rings. The summed E-state index contributed by atoms with van der Waals surface area (Å²) in [5.41, 5.74) is 2.13. The van der Waals surface area contributed by atoms with Gasteiger partial charge in [0, 0.05) is 29.5 Å². The van der Waals surface area contributed by atoms with Gasteiger partial charge in [-0.05, 0) is 44.0 Å². The third-order valence-electron chi connectivity index (χ3n) is 4.30. The first-order chi connectivity index (χ1) is 11.4. The number of nitrogens with zero attached hydrogens (tertiary/aromatic N) is 2. The minimum Gasteiger partial charge on any atom is -0.345 e. The van der Waals surface area contributed by atoms with Crippen LogP contribution in [0.4, 0.5) is 0 Å². The van der Waals surface area contributed by atoms with E-state index in [0.29, 0.717) is 13.1 Å². The summed E-state index contributed by atoms with van der Waals surface area (Å²) in [6, 6.07) is 12.0. The van der Waals surface area contributed by atoms with Crippen LogP contribution in [0.25, 0.3) is 0 Å². The summed E-state index contributed by atoms with van der Waals surface area (Å²) < 4.78 is 2.13. The molecule has 0 radical (unpaired) electrons. The molecule has 0 aliphatic heterocycles. The Balaban J connectivity index is 2.22. The number of alkyl halides is 1. The molecule has 24 heavy (non-hydrogen) atoms. The zero-order chi connectivity index (χ0) is 17.7. The molecular weight excluding hydrogens is 343 g/mol. The van der Waals surface area contributed by atoms with E-state index in [9.17, 15) is 4.79 Å². The van der Waals surface area contributed by atoms with E-state index in [1.807, 2.05) is 47.5 Å². The topological polar surface area (TPSA) is 25.2 Å². The maximum Gasteiger partial charge on any atom is 0.240 e. The highest BCUT2D eigenvalue weighted by Gasteiger charge is 2.23. The predicted octanol–water partition coefficient (Wildman–Crippen LogP) is 4.94. The molecule has 0 saturated heterocycles. The maximum atomic E-state index is 12.5. The fourth-order valence-electron chi connectivity index (χ4n) is 2.63. The molecule has 1 heterocycles. The lowest BCUT2D eigenvalue weighted by atomic mass is 10.2. The Morgan fingerprint density at radius 2 is 1.92 bits per heavy atom. The summed E-state index contributed by atoms with van der Waals surface area (Å²) in [5, 5.41) is 0.229. The Morgan fingerprint density at radius 3 is 2.54 bits per heavy atom. The molecule has 0 aliphatic carbocycles. The zero-order valence-corrected chi connectivity index (χ0v) is 15.9. The molecule has 1 aromatic heterocycles. The monoisotopic (exact) mass is 366 g/mol. The number of benzene rings is 1. The molecule has 2 atom stereocenters. The lowest BCUT2D eigenvalue weighted by molar-refractivity contribution is -0.133. The lowest BCUT2D eigenvalue weighted by Gasteiger charge is -2.30. The second-order valence-corrected chi connectivity index (χ2v) is 7.12. The number of aromatic nitrogens is 1. The van der Waals surface area contributed by atoms with Gasteiger partial charge in [0.1, 0.15) is 5.38 Å². The van der Waals surface area contributed by atoms with Gasteiger partial charge in [0.25, 0.3) is 0 Å². The highest BCUT2D eigenvalue weighted by atomic mass is 35.5. The highest BCUT2D eigenvalue weighted by molar-refractivity contribution is 6.31. The van der Waals surface area contributed by atoms with Crippen LogP contribution in [0.2, 0.25) is 5.02 Å². The number of hydrogen-bond donors (Lipinski definition) is 0. The van der Waals surface area contributed by atoms with E-state index in [-0.39, 0.29) is 11.9 Å². The summed E-state index contributed by atoms with van der Waals surface area (Å²) in [6.07, 6.45) is 2.91. The molecule has 5 heteroatoms. The number of halogens is 2. The van der Waals surface area contributed by atoms with E-state index in [4.69, 9.17) is 23.2 Å². The van der Waals surface area contributed by atoms with Crippen molar-refractivity contribution in [2.24, 2.45) is 0 Å². The Hall–Kier alpha value is -1.45. The molecule has 2 aromatic rings. The SMILES string of the molecule is CC[C@H](C)N(Cc1cccn1Cc1ccccc1Cl)C(=O)[C@H](C)Cl. The van der Waals surface area contributed by atoms with E-state index >= 15 is 0 Å². The molecule has 3 nitrogen and oxygen atoms in total. The number of amides is 1. The molecule has 1 amide bonds. The van der Waals surface area contributed by atoms with Gasteiger partial charge in [0.2, 0.25) is 5.91 Å². The number of hydrogen-bond acceptors (Lipinski definition) is 1. The van der Waals surface area contributed by atoms with E-state index < -0.39 is 5.38 Å². The molecule has 0 bridgehead atoms. The molecule has 1 aromatic carbocycles. The second-order valence-electron chi connectivity index (χ2n) is 6.06. The van der Waals surface area contributed by atoms with Crippen molar-refractivity contribution in [3.05, 3.63) is 58.9 Å². The van der Waals surface area contributed by atoms with Crippen molar-refractivity contribution in [2.75, 3.05) is 0 Å². The van der Waals surface area contributed by atoms with E-state index in [1.54, 1.807) is 6.92 Å². The summed E-state index contributed by atoms with van der Waals surface area (Å²) in [4.78, 5) is 14.3. The van der Waals surface area contributed by atoms with Crippen molar-refractivity contribution in [2.45, 2.75) is 51.7 Å².